The number of thioether (sulfide) groups is 1. The topological polar surface area (TPSA) is 80.5 Å². The Morgan fingerprint density at radius 3 is 2.54 bits per heavy atom. The summed E-state index contributed by atoms with van der Waals surface area (Å²) in [6, 6.07) is 10.8. The summed E-state index contributed by atoms with van der Waals surface area (Å²) >= 11 is 12.6. The van der Waals surface area contributed by atoms with Crippen molar-refractivity contribution in [1.82, 2.24) is 4.90 Å². The Bertz CT molecular complexity index is 962. The van der Waals surface area contributed by atoms with Crippen molar-refractivity contribution in [1.29, 1.82) is 0 Å². The average molecular weight is 409 g/mol. The van der Waals surface area contributed by atoms with Gasteiger partial charge in [-0.15, -0.1) is 0 Å². The molecule has 2 aromatic rings. The Morgan fingerprint density at radius 2 is 1.85 bits per heavy atom. The summed E-state index contributed by atoms with van der Waals surface area (Å²) in [5.41, 5.74) is 0.770. The zero-order chi connectivity index (χ0) is 18.8. The van der Waals surface area contributed by atoms with Gasteiger partial charge in [-0.1, -0.05) is 47.5 Å². The molecule has 0 bridgehead atoms. The Balaban J connectivity index is 1.87. The summed E-state index contributed by atoms with van der Waals surface area (Å²) in [6.45, 7) is -0.166. The summed E-state index contributed by atoms with van der Waals surface area (Å²) in [4.78, 5) is 36.5. The van der Waals surface area contributed by atoms with Gasteiger partial charge in [0.2, 0.25) is 0 Å². The smallest absolute Gasteiger partial charge is 0.268 e. The van der Waals surface area contributed by atoms with Crippen LogP contribution in [-0.2, 0) is 11.3 Å². The quantitative estimate of drug-likeness (QED) is 0.397. The molecule has 132 valence electrons. The molecule has 1 aliphatic rings. The molecule has 0 atom stereocenters. The van der Waals surface area contributed by atoms with Gasteiger partial charge in [-0.05, 0) is 35.5 Å². The second-order valence-electron chi connectivity index (χ2n) is 5.33. The third kappa shape index (κ3) is 3.75. The highest BCUT2D eigenvalue weighted by Gasteiger charge is 2.36. The molecular formula is C17H10Cl2N2O4S. The van der Waals surface area contributed by atoms with Crippen molar-refractivity contribution in [3.05, 3.63) is 78.7 Å². The van der Waals surface area contributed by atoms with Crippen LogP contribution in [0, 0.1) is 10.1 Å². The number of nitro groups is 1. The van der Waals surface area contributed by atoms with Crippen molar-refractivity contribution in [3.63, 3.8) is 0 Å². The van der Waals surface area contributed by atoms with E-state index in [-0.39, 0.29) is 22.7 Å². The van der Waals surface area contributed by atoms with E-state index in [9.17, 15) is 19.7 Å². The number of carbonyl (C=O) groups excluding carboxylic acids is 2. The number of nitrogens with zero attached hydrogens (tertiary/aromatic N) is 2. The molecule has 0 spiro atoms. The molecule has 0 aromatic heterocycles. The molecule has 0 N–H and O–H groups in total. The minimum absolute atomic E-state index is 0.139. The molecule has 2 aromatic carbocycles. The lowest BCUT2D eigenvalue weighted by molar-refractivity contribution is -0.385. The van der Waals surface area contributed by atoms with Gasteiger partial charge in [-0.2, -0.15) is 0 Å². The van der Waals surface area contributed by atoms with Crippen molar-refractivity contribution in [2.75, 3.05) is 0 Å². The van der Waals surface area contributed by atoms with Crippen LogP contribution < -0.4 is 0 Å². The summed E-state index contributed by atoms with van der Waals surface area (Å²) in [6.07, 6.45) is 1.53. The lowest BCUT2D eigenvalue weighted by atomic mass is 10.1. The monoisotopic (exact) mass is 408 g/mol. The van der Waals surface area contributed by atoms with E-state index in [1.807, 2.05) is 0 Å². The fourth-order valence-corrected chi connectivity index (χ4v) is 3.53. The molecule has 1 fully saturated rings. The number of amides is 2. The van der Waals surface area contributed by atoms with Gasteiger partial charge in [0.25, 0.3) is 16.8 Å². The Kier molecular flexibility index (Phi) is 5.31. The Hall–Kier alpha value is -2.35. The van der Waals surface area contributed by atoms with Crippen LogP contribution in [0.5, 0.6) is 0 Å². The zero-order valence-corrected chi connectivity index (χ0v) is 15.3. The molecule has 2 amide bonds. The molecule has 0 unspecified atom stereocenters. The first-order chi connectivity index (χ1) is 12.4. The summed E-state index contributed by atoms with van der Waals surface area (Å²) in [5, 5.41) is 11.3. The second-order valence-corrected chi connectivity index (χ2v) is 7.13. The average Bonchev–Trinajstić information content (AvgIpc) is 2.86. The largest absolute Gasteiger partial charge is 0.293 e. The number of benzene rings is 2. The van der Waals surface area contributed by atoms with E-state index < -0.39 is 16.1 Å². The molecule has 1 saturated heterocycles. The number of hydrogen-bond acceptors (Lipinski definition) is 5. The van der Waals surface area contributed by atoms with Gasteiger partial charge in [-0.25, -0.2) is 0 Å². The third-order valence-corrected chi connectivity index (χ3v) is 5.28. The summed E-state index contributed by atoms with van der Waals surface area (Å²) in [5.74, 6) is -0.510. The Morgan fingerprint density at radius 1 is 1.12 bits per heavy atom. The van der Waals surface area contributed by atoms with Gasteiger partial charge in [0, 0.05) is 11.6 Å². The lowest BCUT2D eigenvalue weighted by Crippen LogP contribution is -2.27. The van der Waals surface area contributed by atoms with Crippen LogP contribution >= 0.6 is 35.0 Å². The molecule has 3 rings (SSSR count). The van der Waals surface area contributed by atoms with E-state index >= 15 is 0 Å². The minimum Gasteiger partial charge on any atom is -0.268 e. The normalized spacial score (nSPS) is 15.8. The number of imide groups is 1. The number of halogens is 2. The molecular weight excluding hydrogens is 399 g/mol. The van der Waals surface area contributed by atoms with E-state index in [1.165, 1.54) is 24.3 Å². The molecule has 9 heteroatoms. The zero-order valence-electron chi connectivity index (χ0n) is 13.0. The van der Waals surface area contributed by atoms with E-state index in [1.54, 1.807) is 24.3 Å². The van der Waals surface area contributed by atoms with Crippen LogP contribution in [0.1, 0.15) is 11.1 Å². The third-order valence-electron chi connectivity index (χ3n) is 3.63. The fourth-order valence-electron chi connectivity index (χ4n) is 2.38. The molecule has 0 saturated carbocycles. The van der Waals surface area contributed by atoms with Gasteiger partial charge in [0.1, 0.15) is 0 Å². The highest BCUT2D eigenvalue weighted by atomic mass is 35.5. The van der Waals surface area contributed by atoms with Crippen molar-refractivity contribution < 1.29 is 14.5 Å². The summed E-state index contributed by atoms with van der Waals surface area (Å²) < 4.78 is 0. The number of para-hydroxylation sites is 1. The SMILES string of the molecule is O=C1S/C(=C\c2ccc(Cl)c(Cl)c2)C(=O)N1Cc1ccccc1[N+](=O)[O-]. The number of rotatable bonds is 4. The van der Waals surface area contributed by atoms with Crippen molar-refractivity contribution in [2.24, 2.45) is 0 Å². The number of nitro benzene ring substituents is 1. The number of carbonyl (C=O) groups is 2. The van der Waals surface area contributed by atoms with Crippen molar-refractivity contribution >= 4 is 57.9 Å². The molecule has 0 aliphatic carbocycles. The first-order valence-corrected chi connectivity index (χ1v) is 8.87. The minimum atomic E-state index is -0.542. The molecule has 1 aliphatic heterocycles. The standard InChI is InChI=1S/C17H10Cl2N2O4S/c18-12-6-5-10(7-13(12)19)8-15-16(22)20(17(23)26-15)9-11-3-1-2-4-14(11)21(24)25/h1-8H,9H2/b15-8-. The van der Waals surface area contributed by atoms with Crippen LogP contribution in [-0.4, -0.2) is 21.0 Å². The maximum absolute atomic E-state index is 12.5. The second kappa shape index (κ2) is 7.49. The van der Waals surface area contributed by atoms with Gasteiger partial charge in [0.05, 0.1) is 26.4 Å². The molecule has 0 radical (unpaired) electrons. The summed E-state index contributed by atoms with van der Waals surface area (Å²) in [7, 11) is 0. The first-order valence-electron chi connectivity index (χ1n) is 7.29. The van der Waals surface area contributed by atoms with E-state index in [4.69, 9.17) is 23.2 Å². The fraction of sp³-hybridized carbons (Fsp3) is 0.0588. The maximum Gasteiger partial charge on any atom is 0.293 e. The van der Waals surface area contributed by atoms with Gasteiger partial charge in [-0.3, -0.25) is 24.6 Å². The number of hydrogen-bond donors (Lipinski definition) is 0. The van der Waals surface area contributed by atoms with Crippen LogP contribution in [0.25, 0.3) is 6.08 Å². The van der Waals surface area contributed by atoms with E-state index in [0.717, 1.165) is 16.7 Å². The first kappa shape index (κ1) is 18.4. The lowest BCUT2D eigenvalue weighted by Gasteiger charge is -2.12. The Labute approximate surface area is 162 Å². The van der Waals surface area contributed by atoms with E-state index in [2.05, 4.69) is 0 Å². The van der Waals surface area contributed by atoms with Gasteiger partial charge in [0.15, 0.2) is 0 Å². The van der Waals surface area contributed by atoms with Crippen molar-refractivity contribution in [2.45, 2.75) is 6.54 Å². The predicted octanol–water partition coefficient (Wildman–Crippen LogP) is 5.14. The maximum atomic E-state index is 12.5. The van der Waals surface area contributed by atoms with Crippen molar-refractivity contribution in [3.8, 4) is 0 Å². The highest BCUT2D eigenvalue weighted by Crippen LogP contribution is 2.35. The van der Waals surface area contributed by atoms with E-state index in [0.29, 0.717) is 15.6 Å². The van der Waals surface area contributed by atoms with Crippen LogP contribution in [0.2, 0.25) is 10.0 Å². The van der Waals surface area contributed by atoms with Crippen LogP contribution in [0.15, 0.2) is 47.4 Å². The highest BCUT2D eigenvalue weighted by molar-refractivity contribution is 8.18. The molecule has 1 heterocycles. The molecule has 6 nitrogen and oxygen atoms in total. The molecule has 26 heavy (non-hydrogen) atoms. The van der Waals surface area contributed by atoms with Gasteiger partial charge < -0.3 is 0 Å². The van der Waals surface area contributed by atoms with Gasteiger partial charge >= 0.3 is 0 Å². The van der Waals surface area contributed by atoms with Crippen LogP contribution in [0.4, 0.5) is 10.5 Å². The van der Waals surface area contributed by atoms with Crippen LogP contribution in [0.3, 0.4) is 0 Å². The predicted molar refractivity (Wildman–Crippen MR) is 101 cm³/mol.